The van der Waals surface area contributed by atoms with E-state index < -0.39 is 0 Å². The molecule has 2 aromatic heterocycles. The fourth-order valence-electron chi connectivity index (χ4n) is 2.82. The topological polar surface area (TPSA) is 61.7 Å². The standard InChI is InChI=1S/C18H17N5/c19-18-21-15-8-4-5-9-16(15)23(18)13-17-20-10-11-22(17)12-14-6-2-1-3-7-14/h1-11H,12-13H2,(H2,19,21). The molecule has 4 aromatic rings. The molecule has 0 unspecified atom stereocenters. The highest BCUT2D eigenvalue weighted by atomic mass is 15.2. The van der Waals surface area contributed by atoms with Crippen LogP contribution in [0.15, 0.2) is 67.0 Å². The Labute approximate surface area is 134 Å². The zero-order valence-electron chi connectivity index (χ0n) is 12.6. The number of rotatable bonds is 4. The lowest BCUT2D eigenvalue weighted by molar-refractivity contribution is 0.680. The van der Waals surface area contributed by atoms with E-state index in [1.54, 1.807) is 0 Å². The number of hydrogen-bond donors (Lipinski definition) is 1. The number of fused-ring (bicyclic) bond motifs is 1. The Bertz CT molecular complexity index is 936. The Balaban J connectivity index is 1.67. The molecule has 4 rings (SSSR count). The lowest BCUT2D eigenvalue weighted by atomic mass is 10.2. The molecule has 0 atom stereocenters. The Hall–Kier alpha value is -3.08. The molecule has 0 saturated carbocycles. The van der Waals surface area contributed by atoms with Gasteiger partial charge < -0.3 is 14.9 Å². The maximum atomic E-state index is 6.09. The van der Waals surface area contributed by atoms with Crippen molar-refractivity contribution in [2.24, 2.45) is 0 Å². The molecule has 5 nitrogen and oxygen atoms in total. The summed E-state index contributed by atoms with van der Waals surface area (Å²) < 4.78 is 4.14. The third-order valence-electron chi connectivity index (χ3n) is 3.98. The first-order chi connectivity index (χ1) is 11.3. The Morgan fingerprint density at radius 1 is 0.913 bits per heavy atom. The predicted octanol–water partition coefficient (Wildman–Crippen LogP) is 2.91. The van der Waals surface area contributed by atoms with E-state index in [9.17, 15) is 0 Å². The van der Waals surface area contributed by atoms with Gasteiger partial charge in [-0.3, -0.25) is 0 Å². The van der Waals surface area contributed by atoms with Gasteiger partial charge in [0.2, 0.25) is 5.95 Å². The van der Waals surface area contributed by atoms with Gasteiger partial charge in [0.15, 0.2) is 0 Å². The van der Waals surface area contributed by atoms with Gasteiger partial charge in [0, 0.05) is 18.9 Å². The average molecular weight is 303 g/mol. The van der Waals surface area contributed by atoms with Crippen LogP contribution >= 0.6 is 0 Å². The van der Waals surface area contributed by atoms with Crippen LogP contribution < -0.4 is 5.73 Å². The highest BCUT2D eigenvalue weighted by Gasteiger charge is 2.11. The summed E-state index contributed by atoms with van der Waals surface area (Å²) in [5.74, 6) is 1.48. The molecule has 0 saturated heterocycles. The maximum absolute atomic E-state index is 6.09. The van der Waals surface area contributed by atoms with Gasteiger partial charge in [-0.1, -0.05) is 42.5 Å². The fourth-order valence-corrected chi connectivity index (χ4v) is 2.82. The normalized spacial score (nSPS) is 11.1. The SMILES string of the molecule is Nc1nc2ccccc2n1Cc1nccn1Cc1ccccc1. The fraction of sp³-hybridized carbons (Fsp3) is 0.111. The largest absolute Gasteiger partial charge is 0.369 e. The van der Waals surface area contributed by atoms with Crippen molar-refractivity contribution in [1.29, 1.82) is 0 Å². The van der Waals surface area contributed by atoms with E-state index in [1.807, 2.05) is 59.4 Å². The average Bonchev–Trinajstić information content (AvgIpc) is 3.14. The molecule has 114 valence electrons. The van der Waals surface area contributed by atoms with Gasteiger partial charge in [0.05, 0.1) is 17.6 Å². The zero-order valence-corrected chi connectivity index (χ0v) is 12.6. The van der Waals surface area contributed by atoms with Crippen molar-refractivity contribution in [1.82, 2.24) is 19.1 Å². The van der Waals surface area contributed by atoms with Crippen LogP contribution in [0.25, 0.3) is 11.0 Å². The second kappa shape index (κ2) is 5.61. The lowest BCUT2D eigenvalue weighted by Crippen LogP contribution is -2.11. The van der Waals surface area contributed by atoms with E-state index in [2.05, 4.69) is 26.7 Å². The molecular formula is C18H17N5. The first-order valence-corrected chi connectivity index (χ1v) is 7.56. The van der Waals surface area contributed by atoms with Crippen LogP contribution in [-0.2, 0) is 13.1 Å². The summed E-state index contributed by atoms with van der Waals surface area (Å²) in [5, 5.41) is 0. The molecule has 2 heterocycles. The molecule has 2 N–H and O–H groups in total. The van der Waals surface area contributed by atoms with Crippen molar-refractivity contribution in [2.45, 2.75) is 13.1 Å². The van der Waals surface area contributed by atoms with E-state index in [1.165, 1.54) is 5.56 Å². The summed E-state index contributed by atoms with van der Waals surface area (Å²) in [4.78, 5) is 8.90. The van der Waals surface area contributed by atoms with Crippen LogP contribution in [0.2, 0.25) is 0 Å². The highest BCUT2D eigenvalue weighted by molar-refractivity contribution is 5.78. The second-order valence-electron chi connectivity index (χ2n) is 5.50. The number of nitrogens with two attached hydrogens (primary N) is 1. The molecular weight excluding hydrogens is 286 g/mol. The quantitative estimate of drug-likeness (QED) is 0.630. The van der Waals surface area contributed by atoms with Gasteiger partial charge >= 0.3 is 0 Å². The van der Waals surface area contributed by atoms with Crippen molar-refractivity contribution >= 4 is 17.0 Å². The molecule has 5 heteroatoms. The van der Waals surface area contributed by atoms with Crippen LogP contribution in [0.3, 0.4) is 0 Å². The van der Waals surface area contributed by atoms with Crippen molar-refractivity contribution < 1.29 is 0 Å². The van der Waals surface area contributed by atoms with Crippen LogP contribution in [0.4, 0.5) is 5.95 Å². The minimum atomic E-state index is 0.514. The van der Waals surface area contributed by atoms with E-state index in [-0.39, 0.29) is 0 Å². The van der Waals surface area contributed by atoms with E-state index in [4.69, 9.17) is 5.73 Å². The first-order valence-electron chi connectivity index (χ1n) is 7.56. The summed E-state index contributed by atoms with van der Waals surface area (Å²) in [6.07, 6.45) is 3.82. The summed E-state index contributed by atoms with van der Waals surface area (Å²) in [7, 11) is 0. The first kappa shape index (κ1) is 13.6. The van der Waals surface area contributed by atoms with Gasteiger partial charge in [-0.05, 0) is 17.7 Å². The van der Waals surface area contributed by atoms with Crippen LogP contribution in [0.5, 0.6) is 0 Å². The van der Waals surface area contributed by atoms with E-state index in [0.29, 0.717) is 12.5 Å². The molecule has 23 heavy (non-hydrogen) atoms. The predicted molar refractivity (Wildman–Crippen MR) is 91.0 cm³/mol. The Morgan fingerprint density at radius 3 is 2.57 bits per heavy atom. The molecule has 2 aromatic carbocycles. The zero-order chi connectivity index (χ0) is 15.6. The second-order valence-corrected chi connectivity index (χ2v) is 5.50. The van der Waals surface area contributed by atoms with Crippen molar-refractivity contribution in [2.75, 3.05) is 5.73 Å². The summed E-state index contributed by atoms with van der Waals surface area (Å²) in [6, 6.07) is 18.3. The summed E-state index contributed by atoms with van der Waals surface area (Å²) in [6.45, 7) is 1.40. The minimum absolute atomic E-state index is 0.514. The third-order valence-corrected chi connectivity index (χ3v) is 3.98. The molecule has 0 amide bonds. The number of anilines is 1. The van der Waals surface area contributed by atoms with Crippen LogP contribution in [0, 0.1) is 0 Å². The lowest BCUT2D eigenvalue weighted by Gasteiger charge is -2.10. The van der Waals surface area contributed by atoms with Crippen LogP contribution in [-0.4, -0.2) is 19.1 Å². The number of benzene rings is 2. The molecule has 0 aliphatic carbocycles. The number of aromatic nitrogens is 4. The number of nitrogen functional groups attached to an aromatic ring is 1. The van der Waals surface area contributed by atoms with Gasteiger partial charge in [0.1, 0.15) is 5.82 Å². The van der Waals surface area contributed by atoms with Gasteiger partial charge in [-0.15, -0.1) is 0 Å². The molecule has 0 bridgehead atoms. The molecule has 0 radical (unpaired) electrons. The minimum Gasteiger partial charge on any atom is -0.369 e. The third kappa shape index (κ3) is 2.57. The van der Waals surface area contributed by atoms with Gasteiger partial charge in [-0.2, -0.15) is 0 Å². The number of imidazole rings is 2. The van der Waals surface area contributed by atoms with Gasteiger partial charge in [0.25, 0.3) is 0 Å². The highest BCUT2D eigenvalue weighted by Crippen LogP contribution is 2.19. The van der Waals surface area contributed by atoms with Crippen molar-refractivity contribution in [3.63, 3.8) is 0 Å². The summed E-state index contributed by atoms with van der Waals surface area (Å²) in [5.41, 5.74) is 9.27. The van der Waals surface area contributed by atoms with E-state index >= 15 is 0 Å². The smallest absolute Gasteiger partial charge is 0.201 e. The Morgan fingerprint density at radius 2 is 1.70 bits per heavy atom. The molecule has 0 fully saturated rings. The molecule has 0 aliphatic heterocycles. The molecule has 0 aliphatic rings. The number of para-hydroxylation sites is 2. The van der Waals surface area contributed by atoms with E-state index in [0.717, 1.165) is 23.4 Å². The maximum Gasteiger partial charge on any atom is 0.201 e. The Kier molecular flexibility index (Phi) is 3.31. The number of hydrogen-bond acceptors (Lipinski definition) is 3. The van der Waals surface area contributed by atoms with Crippen molar-refractivity contribution in [3.05, 3.63) is 78.4 Å². The van der Waals surface area contributed by atoms with Gasteiger partial charge in [-0.25, -0.2) is 9.97 Å². The molecule has 0 spiro atoms. The summed E-state index contributed by atoms with van der Waals surface area (Å²) >= 11 is 0. The van der Waals surface area contributed by atoms with Crippen molar-refractivity contribution in [3.8, 4) is 0 Å². The van der Waals surface area contributed by atoms with Crippen LogP contribution in [0.1, 0.15) is 11.4 Å². The monoisotopic (exact) mass is 303 g/mol. The number of nitrogens with zero attached hydrogens (tertiary/aromatic N) is 4.